The van der Waals surface area contributed by atoms with E-state index in [1.807, 2.05) is 32.0 Å². The summed E-state index contributed by atoms with van der Waals surface area (Å²) in [5.74, 6) is 0.435. The molecule has 2 heterocycles. The van der Waals surface area contributed by atoms with Crippen LogP contribution in [0, 0.1) is 5.41 Å². The average molecular weight is 419 g/mol. The van der Waals surface area contributed by atoms with Crippen LogP contribution in [0.15, 0.2) is 41.1 Å². The Morgan fingerprint density at radius 1 is 1.21 bits per heavy atom. The number of benzene rings is 1. The predicted molar refractivity (Wildman–Crippen MR) is 112 cm³/mol. The lowest BCUT2D eigenvalue weighted by atomic mass is 9.95. The van der Waals surface area contributed by atoms with Crippen LogP contribution in [-0.4, -0.2) is 59.7 Å². The Morgan fingerprint density at radius 3 is 2.55 bits per heavy atom. The number of nitrogens with one attached hydrogen (secondary N) is 1. The highest BCUT2D eigenvalue weighted by atomic mass is 32.2. The molecule has 9 heteroatoms. The fourth-order valence-corrected chi connectivity index (χ4v) is 3.86. The number of hydrogen-bond acceptors (Lipinski definition) is 7. The lowest BCUT2D eigenvalue weighted by molar-refractivity contribution is -0.759. The van der Waals surface area contributed by atoms with E-state index in [2.05, 4.69) is 27.4 Å². The molecule has 156 valence electrons. The molecule has 1 aliphatic rings. The van der Waals surface area contributed by atoms with E-state index in [1.54, 1.807) is 23.1 Å². The van der Waals surface area contributed by atoms with Gasteiger partial charge in [-0.05, 0) is 6.54 Å². The van der Waals surface area contributed by atoms with E-state index >= 15 is 0 Å². The molecule has 8 nitrogen and oxygen atoms in total. The van der Waals surface area contributed by atoms with Crippen LogP contribution >= 0.6 is 11.8 Å². The first kappa shape index (κ1) is 21.3. The molecule has 0 unspecified atom stereocenters. The number of carbonyl (C=O) groups excluding carboxylic acids is 2. The van der Waals surface area contributed by atoms with Crippen molar-refractivity contribution in [3.8, 4) is 0 Å². The molecule has 2 aromatic rings. The average Bonchev–Trinajstić information content (AvgIpc) is 3.21. The molecule has 29 heavy (non-hydrogen) atoms. The molecule has 3 rings (SSSR count). The number of likely N-dealkylation sites (N-methyl/N-ethyl adjacent to an activating group) is 1. The molecule has 1 aromatic carbocycles. The van der Waals surface area contributed by atoms with E-state index in [0.717, 1.165) is 44.5 Å². The van der Waals surface area contributed by atoms with Crippen LogP contribution in [0.4, 0.5) is 5.88 Å². The third-order valence-electron chi connectivity index (χ3n) is 4.97. The third-order valence-corrected chi connectivity index (χ3v) is 6.33. The van der Waals surface area contributed by atoms with Crippen LogP contribution in [0.5, 0.6) is 0 Å². The van der Waals surface area contributed by atoms with Gasteiger partial charge in [0.15, 0.2) is 0 Å². The topological polar surface area (TPSA) is 82.6 Å². The Kier molecular flexibility index (Phi) is 6.92. The van der Waals surface area contributed by atoms with Gasteiger partial charge in [0.25, 0.3) is 6.20 Å². The summed E-state index contributed by atoms with van der Waals surface area (Å²) in [4.78, 5) is 29.0. The van der Waals surface area contributed by atoms with Gasteiger partial charge in [-0.2, -0.15) is 5.01 Å². The number of rotatable bonds is 7. The smallest absolute Gasteiger partial charge is 0.300 e. The molecule has 0 aliphatic carbocycles. The molecule has 1 amide bonds. The molecule has 0 bridgehead atoms. The van der Waals surface area contributed by atoms with Gasteiger partial charge < -0.3 is 0 Å². The second-order valence-corrected chi connectivity index (χ2v) is 8.60. The normalized spacial score (nSPS) is 15.3. The molecule has 1 fully saturated rings. The summed E-state index contributed by atoms with van der Waals surface area (Å²) < 4.78 is 5.28. The van der Waals surface area contributed by atoms with E-state index in [4.69, 9.17) is 4.52 Å². The number of carbonyl (C=O) groups is 2. The first-order chi connectivity index (χ1) is 13.9. The van der Waals surface area contributed by atoms with Crippen molar-refractivity contribution in [2.75, 3.05) is 48.8 Å². The Labute approximate surface area is 175 Å². The minimum atomic E-state index is -0.751. The zero-order chi connectivity index (χ0) is 20.9. The molecule has 0 radical (unpaired) electrons. The maximum Gasteiger partial charge on any atom is 0.305 e. The van der Waals surface area contributed by atoms with Gasteiger partial charge in [0.05, 0.1) is 23.3 Å². The largest absolute Gasteiger partial charge is 0.305 e. The number of nitrogens with zero attached hydrogens (tertiary/aromatic N) is 4. The zero-order valence-electron chi connectivity index (χ0n) is 17.1. The van der Waals surface area contributed by atoms with E-state index in [1.165, 1.54) is 0 Å². The number of thioether (sulfide) groups is 1. The number of hydrogen-bond donors (Lipinski definition) is 1. The van der Waals surface area contributed by atoms with Crippen LogP contribution in [0.25, 0.3) is 0 Å². The molecule has 1 aromatic heterocycles. The maximum absolute atomic E-state index is 12.7. The zero-order valence-corrected chi connectivity index (χ0v) is 17.9. The maximum atomic E-state index is 12.7. The lowest BCUT2D eigenvalue weighted by Crippen LogP contribution is -2.65. The summed E-state index contributed by atoms with van der Waals surface area (Å²) in [6.07, 6.45) is 1.68. The van der Waals surface area contributed by atoms with Gasteiger partial charge in [0, 0.05) is 24.4 Å². The number of piperazine rings is 1. The van der Waals surface area contributed by atoms with Gasteiger partial charge in [-0.1, -0.05) is 62.9 Å². The van der Waals surface area contributed by atoms with Crippen LogP contribution in [0.1, 0.15) is 31.1 Å². The van der Waals surface area contributed by atoms with Gasteiger partial charge in [-0.15, -0.1) is 0 Å². The monoisotopic (exact) mass is 418 g/mol. The minimum Gasteiger partial charge on any atom is -0.300 e. The quantitative estimate of drug-likeness (QED) is 0.686. The van der Waals surface area contributed by atoms with Crippen molar-refractivity contribution in [3.63, 3.8) is 0 Å². The lowest BCUT2D eigenvalue weighted by Gasteiger charge is -2.28. The van der Waals surface area contributed by atoms with E-state index in [-0.39, 0.29) is 11.0 Å². The number of aromatic nitrogens is 2. The SMILES string of the molecule is CCN1CCN([n+]2cc(NC(=O)C(C)(C)CSC(=O)c3ccccc3)on2)CC1. The van der Waals surface area contributed by atoms with Crippen LogP contribution in [0.2, 0.25) is 0 Å². The van der Waals surface area contributed by atoms with Gasteiger partial charge in [-0.3, -0.25) is 24.3 Å². The van der Waals surface area contributed by atoms with Gasteiger partial charge >= 0.3 is 5.88 Å². The van der Waals surface area contributed by atoms with Crippen molar-refractivity contribution in [3.05, 3.63) is 42.1 Å². The summed E-state index contributed by atoms with van der Waals surface area (Å²) in [5.41, 5.74) is -0.118. The van der Waals surface area contributed by atoms with Crippen molar-refractivity contribution >= 4 is 28.7 Å². The highest BCUT2D eigenvalue weighted by Crippen LogP contribution is 2.26. The Hall–Kier alpha value is -2.39. The summed E-state index contributed by atoms with van der Waals surface area (Å²) in [6.45, 7) is 10.4. The Morgan fingerprint density at radius 2 is 1.90 bits per heavy atom. The number of amides is 1. The highest BCUT2D eigenvalue weighted by Gasteiger charge is 2.32. The van der Waals surface area contributed by atoms with Crippen molar-refractivity contribution < 1.29 is 18.9 Å². The standard InChI is InChI=1S/C20H27N5O3S/c1-4-23-10-12-24(13-11-23)25-14-17(28-22-25)21-19(27)20(2,3)15-29-18(26)16-8-6-5-7-9-16/h5-9,14H,4,10-13,15H2,1-3H3/p+1. The Balaban J connectivity index is 1.52. The van der Waals surface area contributed by atoms with E-state index in [0.29, 0.717) is 17.2 Å². The molecule has 1 N–H and O–H groups in total. The van der Waals surface area contributed by atoms with Crippen LogP contribution < -0.4 is 15.1 Å². The first-order valence-electron chi connectivity index (χ1n) is 9.79. The molecule has 1 saturated heterocycles. The molecular weight excluding hydrogens is 390 g/mol. The summed E-state index contributed by atoms with van der Waals surface area (Å²) in [6, 6.07) is 9.07. The first-order valence-corrected chi connectivity index (χ1v) is 10.8. The molecular formula is C20H28N5O3S+. The Bertz CT molecular complexity index is 832. The summed E-state index contributed by atoms with van der Waals surface area (Å²) >= 11 is 1.14. The van der Waals surface area contributed by atoms with Crippen molar-refractivity contribution in [2.24, 2.45) is 5.41 Å². The molecule has 1 aliphatic heterocycles. The van der Waals surface area contributed by atoms with E-state index < -0.39 is 5.41 Å². The molecule has 0 spiro atoms. The summed E-state index contributed by atoms with van der Waals surface area (Å²) in [7, 11) is 0. The van der Waals surface area contributed by atoms with Gasteiger partial charge in [-0.25, -0.2) is 0 Å². The van der Waals surface area contributed by atoms with Crippen LogP contribution in [0.3, 0.4) is 0 Å². The fraction of sp³-hybridized carbons (Fsp3) is 0.500. The predicted octanol–water partition coefficient (Wildman–Crippen LogP) is 1.77. The second-order valence-electron chi connectivity index (χ2n) is 7.65. The van der Waals surface area contributed by atoms with Crippen molar-refractivity contribution in [1.82, 2.24) is 10.2 Å². The minimum absolute atomic E-state index is 0.0461. The van der Waals surface area contributed by atoms with Crippen LogP contribution in [-0.2, 0) is 4.79 Å². The molecule has 0 saturated carbocycles. The highest BCUT2D eigenvalue weighted by molar-refractivity contribution is 8.14. The third kappa shape index (κ3) is 5.57. The molecule has 0 atom stereocenters. The van der Waals surface area contributed by atoms with E-state index in [9.17, 15) is 9.59 Å². The second kappa shape index (κ2) is 9.41. The summed E-state index contributed by atoms with van der Waals surface area (Å²) in [5, 5.41) is 8.82. The van der Waals surface area contributed by atoms with Crippen molar-refractivity contribution in [1.29, 1.82) is 0 Å². The van der Waals surface area contributed by atoms with Crippen molar-refractivity contribution in [2.45, 2.75) is 20.8 Å². The fourth-order valence-electron chi connectivity index (χ4n) is 2.93. The van der Waals surface area contributed by atoms with Gasteiger partial charge in [0.2, 0.25) is 16.3 Å². The van der Waals surface area contributed by atoms with Gasteiger partial charge in [0.1, 0.15) is 0 Å². The number of anilines is 1.